The van der Waals surface area contributed by atoms with Crippen LogP contribution in [0.25, 0.3) is 4.91 Å². The molecule has 0 aromatic heterocycles. The van der Waals surface area contributed by atoms with Gasteiger partial charge in [-0.05, 0) is 5.56 Å². The number of rotatable bonds is 3. The van der Waals surface area contributed by atoms with Crippen LogP contribution in [0.5, 0.6) is 0 Å². The molecule has 16 heavy (non-hydrogen) atoms. The molecule has 1 aromatic carbocycles. The van der Waals surface area contributed by atoms with Gasteiger partial charge in [0.15, 0.2) is 0 Å². The van der Waals surface area contributed by atoms with Crippen molar-refractivity contribution in [3.63, 3.8) is 0 Å². The Balaban J connectivity index is 2.43. The maximum absolute atomic E-state index is 11.6. The van der Waals surface area contributed by atoms with E-state index in [1.807, 2.05) is 12.1 Å². The maximum Gasteiger partial charge on any atom is 0.233 e. The standard InChI is InChI=1S/C12H10O3S/c13-5-6-16-11-7-10(14)12(15)9-4-2-1-3-8(9)11/h1-4,7,13H,5-6H2. The third kappa shape index (κ3) is 1.94. The molecule has 4 heteroatoms. The fourth-order valence-electron chi connectivity index (χ4n) is 1.57. The molecular formula is C12H10O3S. The number of fused-ring (bicyclic) bond motifs is 1. The van der Waals surface area contributed by atoms with Gasteiger partial charge in [0.1, 0.15) is 0 Å². The Kier molecular flexibility index (Phi) is 3.22. The SMILES string of the molecule is O=C1C=C(SCCO)c2ccccc2C1=O. The van der Waals surface area contributed by atoms with E-state index >= 15 is 0 Å². The van der Waals surface area contributed by atoms with Gasteiger partial charge in [-0.15, -0.1) is 11.8 Å². The molecule has 0 saturated heterocycles. The summed E-state index contributed by atoms with van der Waals surface area (Å²) in [4.78, 5) is 23.8. The van der Waals surface area contributed by atoms with E-state index in [-0.39, 0.29) is 6.61 Å². The monoisotopic (exact) mass is 234 g/mol. The number of allylic oxidation sites excluding steroid dienone is 1. The van der Waals surface area contributed by atoms with Crippen LogP contribution in [0.2, 0.25) is 0 Å². The molecule has 82 valence electrons. The minimum atomic E-state index is -0.487. The van der Waals surface area contributed by atoms with Crippen LogP contribution in [-0.2, 0) is 4.79 Å². The van der Waals surface area contributed by atoms with Crippen LogP contribution in [0.15, 0.2) is 30.3 Å². The van der Waals surface area contributed by atoms with E-state index in [1.54, 1.807) is 12.1 Å². The molecule has 0 radical (unpaired) electrons. The Bertz CT molecular complexity index is 477. The largest absolute Gasteiger partial charge is 0.396 e. The second-order valence-corrected chi connectivity index (χ2v) is 4.46. The molecule has 3 nitrogen and oxygen atoms in total. The van der Waals surface area contributed by atoms with Crippen LogP contribution in [0.4, 0.5) is 0 Å². The number of Topliss-reactive ketones (excluding diaryl/α,β-unsaturated/α-hetero) is 1. The number of aliphatic hydroxyl groups is 1. The first kappa shape index (κ1) is 11.1. The summed E-state index contributed by atoms with van der Waals surface area (Å²) in [5.74, 6) is -0.426. The number of hydrogen-bond acceptors (Lipinski definition) is 4. The number of hydrogen-bond donors (Lipinski definition) is 1. The minimum absolute atomic E-state index is 0.0479. The number of carbonyl (C=O) groups is 2. The van der Waals surface area contributed by atoms with E-state index < -0.39 is 11.6 Å². The summed E-state index contributed by atoms with van der Waals surface area (Å²) in [7, 11) is 0. The highest BCUT2D eigenvalue weighted by atomic mass is 32.2. The molecule has 0 aliphatic heterocycles. The zero-order valence-electron chi connectivity index (χ0n) is 8.47. The molecule has 0 unspecified atom stereocenters. The van der Waals surface area contributed by atoms with Gasteiger partial charge in [0, 0.05) is 22.3 Å². The molecule has 0 amide bonds. The number of benzene rings is 1. The van der Waals surface area contributed by atoms with Crippen LogP contribution < -0.4 is 0 Å². The first-order chi connectivity index (χ1) is 7.74. The fourth-order valence-corrected chi connectivity index (χ4v) is 2.40. The highest BCUT2D eigenvalue weighted by Gasteiger charge is 2.25. The summed E-state index contributed by atoms with van der Waals surface area (Å²) < 4.78 is 0. The van der Waals surface area contributed by atoms with Gasteiger partial charge in [0.25, 0.3) is 0 Å². The maximum atomic E-state index is 11.6. The molecule has 0 atom stereocenters. The molecule has 0 spiro atoms. The van der Waals surface area contributed by atoms with Crippen molar-refractivity contribution in [2.45, 2.75) is 0 Å². The van der Waals surface area contributed by atoms with Crippen molar-refractivity contribution in [2.75, 3.05) is 12.4 Å². The van der Waals surface area contributed by atoms with Gasteiger partial charge in [-0.2, -0.15) is 0 Å². The number of thioether (sulfide) groups is 1. The molecule has 1 aromatic rings. The van der Waals surface area contributed by atoms with Gasteiger partial charge < -0.3 is 5.11 Å². The van der Waals surface area contributed by atoms with E-state index in [0.717, 1.165) is 10.5 Å². The molecule has 1 aliphatic carbocycles. The first-order valence-corrected chi connectivity index (χ1v) is 5.86. The smallest absolute Gasteiger partial charge is 0.233 e. The summed E-state index contributed by atoms with van der Waals surface area (Å²) >= 11 is 1.38. The minimum Gasteiger partial charge on any atom is -0.396 e. The quantitative estimate of drug-likeness (QED) is 0.806. The van der Waals surface area contributed by atoms with Gasteiger partial charge in [0.05, 0.1) is 6.61 Å². The van der Waals surface area contributed by atoms with Crippen molar-refractivity contribution in [3.8, 4) is 0 Å². The van der Waals surface area contributed by atoms with E-state index in [1.165, 1.54) is 17.8 Å². The summed E-state index contributed by atoms with van der Waals surface area (Å²) in [6.45, 7) is 0.0479. The second kappa shape index (κ2) is 4.63. The Hall–Kier alpha value is -1.39. The fraction of sp³-hybridized carbons (Fsp3) is 0.167. The van der Waals surface area contributed by atoms with Crippen LogP contribution in [0.3, 0.4) is 0 Å². The van der Waals surface area contributed by atoms with Crippen molar-refractivity contribution < 1.29 is 14.7 Å². The average Bonchev–Trinajstić information content (AvgIpc) is 2.32. The van der Waals surface area contributed by atoms with Crippen LogP contribution in [-0.4, -0.2) is 29.0 Å². The van der Waals surface area contributed by atoms with Crippen LogP contribution in [0.1, 0.15) is 15.9 Å². The van der Waals surface area contributed by atoms with E-state index in [4.69, 9.17) is 5.11 Å². The lowest BCUT2D eigenvalue weighted by Gasteiger charge is -2.14. The van der Waals surface area contributed by atoms with Gasteiger partial charge in [-0.25, -0.2) is 0 Å². The second-order valence-electron chi connectivity index (χ2n) is 3.32. The van der Waals surface area contributed by atoms with Gasteiger partial charge >= 0.3 is 0 Å². The molecule has 1 N–H and O–H groups in total. The molecule has 0 fully saturated rings. The Labute approximate surface area is 97.2 Å². The summed E-state index contributed by atoms with van der Waals surface area (Å²) in [5, 5.41) is 8.76. The Morgan fingerprint density at radius 2 is 1.81 bits per heavy atom. The summed E-state index contributed by atoms with van der Waals surface area (Å²) in [6.07, 6.45) is 1.35. The highest BCUT2D eigenvalue weighted by molar-refractivity contribution is 8.08. The third-order valence-electron chi connectivity index (χ3n) is 2.27. The van der Waals surface area contributed by atoms with Gasteiger partial charge in [0.2, 0.25) is 11.6 Å². The van der Waals surface area contributed by atoms with Gasteiger partial charge in [-0.3, -0.25) is 9.59 Å². The number of ketones is 2. The first-order valence-electron chi connectivity index (χ1n) is 4.87. The van der Waals surface area contributed by atoms with Crippen molar-refractivity contribution in [2.24, 2.45) is 0 Å². The van der Waals surface area contributed by atoms with Crippen molar-refractivity contribution in [1.29, 1.82) is 0 Å². The lowest BCUT2D eigenvalue weighted by Crippen LogP contribution is -2.17. The predicted octanol–water partition coefficient (Wildman–Crippen LogP) is 1.52. The number of aliphatic hydroxyl groups excluding tert-OH is 1. The lowest BCUT2D eigenvalue weighted by molar-refractivity contribution is -0.110. The summed E-state index contributed by atoms with van der Waals surface area (Å²) in [6, 6.07) is 7.04. The van der Waals surface area contributed by atoms with Crippen LogP contribution in [0, 0.1) is 0 Å². The molecule has 0 heterocycles. The summed E-state index contributed by atoms with van der Waals surface area (Å²) in [5.41, 5.74) is 1.24. The van der Waals surface area contributed by atoms with E-state index in [9.17, 15) is 9.59 Å². The molecule has 0 bridgehead atoms. The lowest BCUT2D eigenvalue weighted by atomic mass is 9.95. The Morgan fingerprint density at radius 1 is 1.12 bits per heavy atom. The van der Waals surface area contributed by atoms with E-state index in [2.05, 4.69) is 0 Å². The zero-order valence-corrected chi connectivity index (χ0v) is 9.29. The average molecular weight is 234 g/mol. The Morgan fingerprint density at radius 3 is 2.50 bits per heavy atom. The predicted molar refractivity (Wildman–Crippen MR) is 63.3 cm³/mol. The molecule has 2 rings (SSSR count). The molecule has 0 saturated carbocycles. The van der Waals surface area contributed by atoms with E-state index in [0.29, 0.717) is 11.3 Å². The van der Waals surface area contributed by atoms with Crippen molar-refractivity contribution in [1.82, 2.24) is 0 Å². The zero-order chi connectivity index (χ0) is 11.5. The van der Waals surface area contributed by atoms with Crippen molar-refractivity contribution >= 4 is 28.2 Å². The third-order valence-corrected chi connectivity index (χ3v) is 3.31. The topological polar surface area (TPSA) is 54.4 Å². The van der Waals surface area contributed by atoms with Gasteiger partial charge in [-0.1, -0.05) is 24.3 Å². The highest BCUT2D eigenvalue weighted by Crippen LogP contribution is 2.33. The van der Waals surface area contributed by atoms with Crippen LogP contribution >= 0.6 is 11.8 Å². The normalized spacial score (nSPS) is 14.7. The number of carbonyl (C=O) groups excluding carboxylic acids is 2. The van der Waals surface area contributed by atoms with Crippen molar-refractivity contribution in [3.05, 3.63) is 41.5 Å². The molecular weight excluding hydrogens is 224 g/mol. The molecule has 1 aliphatic rings.